The van der Waals surface area contributed by atoms with Gasteiger partial charge in [0.2, 0.25) is 5.91 Å². The number of fused-ring (bicyclic) bond motifs is 1. The highest BCUT2D eigenvalue weighted by molar-refractivity contribution is 8.00. The lowest BCUT2D eigenvalue weighted by molar-refractivity contribution is -0.113. The average molecular weight is 442 g/mol. The molecule has 1 unspecified atom stereocenters. The van der Waals surface area contributed by atoms with Gasteiger partial charge in [-0.15, -0.1) is 11.8 Å². The summed E-state index contributed by atoms with van der Waals surface area (Å²) in [5.41, 5.74) is 4.12. The molecule has 1 aliphatic carbocycles. The first-order chi connectivity index (χ1) is 15.6. The van der Waals surface area contributed by atoms with Gasteiger partial charge in [0.15, 0.2) is 0 Å². The number of carbonyl (C=O) groups is 2. The van der Waals surface area contributed by atoms with E-state index in [2.05, 4.69) is 28.8 Å². The molecule has 2 amide bonds. The molecule has 0 heterocycles. The van der Waals surface area contributed by atoms with Crippen molar-refractivity contribution in [2.24, 2.45) is 0 Å². The molecule has 0 bridgehead atoms. The molecule has 0 radical (unpaired) electrons. The van der Waals surface area contributed by atoms with E-state index in [-0.39, 0.29) is 23.6 Å². The van der Waals surface area contributed by atoms with Gasteiger partial charge in [-0.1, -0.05) is 42.5 Å². The maximum atomic E-state index is 13.1. The highest BCUT2D eigenvalue weighted by Gasteiger charge is 2.23. The van der Waals surface area contributed by atoms with Crippen molar-refractivity contribution in [2.75, 3.05) is 11.1 Å². The molecule has 3 aromatic rings. The van der Waals surface area contributed by atoms with Gasteiger partial charge in [-0.05, 0) is 60.7 Å². The Kier molecular flexibility index (Phi) is 6.88. The number of anilines is 1. The molecule has 32 heavy (non-hydrogen) atoms. The van der Waals surface area contributed by atoms with Gasteiger partial charge in [0.1, 0.15) is 0 Å². The number of nitriles is 1. The van der Waals surface area contributed by atoms with Crippen LogP contribution < -0.4 is 10.6 Å². The Morgan fingerprint density at radius 2 is 1.84 bits per heavy atom. The fourth-order valence-electron chi connectivity index (χ4n) is 3.93. The van der Waals surface area contributed by atoms with Gasteiger partial charge in [0.05, 0.1) is 29.0 Å². The van der Waals surface area contributed by atoms with Gasteiger partial charge in [-0.2, -0.15) is 5.26 Å². The molecule has 0 fully saturated rings. The number of aryl methyl sites for hydroxylation is 1. The number of hydrogen-bond donors (Lipinski definition) is 2. The zero-order valence-electron chi connectivity index (χ0n) is 17.5. The van der Waals surface area contributed by atoms with Gasteiger partial charge in [-0.25, -0.2) is 0 Å². The van der Waals surface area contributed by atoms with E-state index in [9.17, 15) is 9.59 Å². The molecule has 2 N–H and O–H groups in total. The monoisotopic (exact) mass is 441 g/mol. The molecule has 4 rings (SSSR count). The second kappa shape index (κ2) is 10.2. The van der Waals surface area contributed by atoms with Crippen molar-refractivity contribution in [3.63, 3.8) is 0 Å². The molecule has 6 heteroatoms. The third-order valence-electron chi connectivity index (χ3n) is 5.44. The number of thioether (sulfide) groups is 1. The smallest absolute Gasteiger partial charge is 0.252 e. The fraction of sp³-hybridized carbons (Fsp3) is 0.192. The van der Waals surface area contributed by atoms with Crippen molar-refractivity contribution in [3.05, 3.63) is 95.1 Å². The van der Waals surface area contributed by atoms with Crippen molar-refractivity contribution < 1.29 is 9.59 Å². The number of nitrogens with zero attached hydrogens (tertiary/aromatic N) is 1. The van der Waals surface area contributed by atoms with Crippen molar-refractivity contribution in [2.45, 2.75) is 30.2 Å². The summed E-state index contributed by atoms with van der Waals surface area (Å²) < 4.78 is 0. The molecule has 0 aliphatic heterocycles. The Morgan fingerprint density at radius 3 is 2.72 bits per heavy atom. The predicted molar refractivity (Wildman–Crippen MR) is 127 cm³/mol. The van der Waals surface area contributed by atoms with Crippen LogP contribution in [0.25, 0.3) is 0 Å². The largest absolute Gasteiger partial charge is 0.345 e. The SMILES string of the molecule is N#Cc1cccc(NC(=O)CSc2ccccc2C(=O)NC2CCCc3ccccc32)c1. The summed E-state index contributed by atoms with van der Waals surface area (Å²) in [7, 11) is 0. The maximum Gasteiger partial charge on any atom is 0.252 e. The second-order valence-corrected chi connectivity index (χ2v) is 8.66. The quantitative estimate of drug-likeness (QED) is 0.522. The predicted octanol–water partition coefficient (Wildman–Crippen LogP) is 5.10. The van der Waals surface area contributed by atoms with E-state index in [1.165, 1.54) is 22.9 Å². The Labute approximate surface area is 191 Å². The fourth-order valence-corrected chi connectivity index (χ4v) is 4.78. The van der Waals surface area contributed by atoms with E-state index in [0.29, 0.717) is 16.8 Å². The number of carbonyl (C=O) groups excluding carboxylic acids is 2. The van der Waals surface area contributed by atoms with Gasteiger partial charge in [0.25, 0.3) is 5.91 Å². The van der Waals surface area contributed by atoms with E-state index in [1.807, 2.05) is 30.3 Å². The lowest BCUT2D eigenvalue weighted by Crippen LogP contribution is -2.31. The molecule has 0 saturated heterocycles. The van der Waals surface area contributed by atoms with E-state index in [0.717, 1.165) is 24.2 Å². The summed E-state index contributed by atoms with van der Waals surface area (Å²) in [4.78, 5) is 26.3. The minimum absolute atomic E-state index is 0.00113. The van der Waals surface area contributed by atoms with Crippen LogP contribution in [0.15, 0.2) is 77.7 Å². The van der Waals surface area contributed by atoms with Crippen LogP contribution in [0.5, 0.6) is 0 Å². The highest BCUT2D eigenvalue weighted by atomic mass is 32.2. The molecular weight excluding hydrogens is 418 g/mol. The number of rotatable bonds is 6. The normalized spacial score (nSPS) is 14.7. The van der Waals surface area contributed by atoms with Crippen molar-refractivity contribution in [1.82, 2.24) is 5.32 Å². The van der Waals surface area contributed by atoms with Crippen LogP contribution >= 0.6 is 11.8 Å². The standard InChI is InChI=1S/C26H23N3O2S/c27-16-18-7-5-10-20(15-18)28-25(30)17-32-24-14-4-3-12-22(24)26(31)29-23-13-6-9-19-8-1-2-11-21(19)23/h1-5,7-8,10-12,14-15,23H,6,9,13,17H2,(H,28,30)(H,29,31). The van der Waals surface area contributed by atoms with Crippen LogP contribution in [0.1, 0.15) is 45.9 Å². The lowest BCUT2D eigenvalue weighted by Gasteiger charge is -2.26. The van der Waals surface area contributed by atoms with Crippen LogP contribution in [-0.4, -0.2) is 17.6 Å². The number of benzene rings is 3. The number of hydrogen-bond acceptors (Lipinski definition) is 4. The first-order valence-electron chi connectivity index (χ1n) is 10.5. The summed E-state index contributed by atoms with van der Waals surface area (Å²) in [6.45, 7) is 0. The Morgan fingerprint density at radius 1 is 1.03 bits per heavy atom. The molecule has 5 nitrogen and oxygen atoms in total. The minimum atomic E-state index is -0.193. The number of amides is 2. The Balaban J connectivity index is 1.41. The summed E-state index contributed by atoms with van der Waals surface area (Å²) in [5, 5.41) is 15.0. The molecule has 0 aromatic heterocycles. The summed E-state index contributed by atoms with van der Waals surface area (Å²) in [6.07, 6.45) is 3.01. The first-order valence-corrected chi connectivity index (χ1v) is 11.5. The first kappa shape index (κ1) is 21.7. The van der Waals surface area contributed by atoms with Gasteiger partial charge in [-0.3, -0.25) is 9.59 Å². The van der Waals surface area contributed by atoms with E-state index >= 15 is 0 Å². The third-order valence-corrected chi connectivity index (χ3v) is 6.51. The van der Waals surface area contributed by atoms with Crippen LogP contribution in [0.2, 0.25) is 0 Å². The zero-order valence-corrected chi connectivity index (χ0v) is 18.3. The second-order valence-electron chi connectivity index (χ2n) is 7.64. The molecule has 1 aliphatic rings. The van der Waals surface area contributed by atoms with Gasteiger partial charge >= 0.3 is 0 Å². The molecule has 1 atom stereocenters. The average Bonchev–Trinajstić information content (AvgIpc) is 2.83. The van der Waals surface area contributed by atoms with Gasteiger partial charge in [0, 0.05) is 10.6 Å². The topological polar surface area (TPSA) is 82.0 Å². The molecule has 3 aromatic carbocycles. The third kappa shape index (κ3) is 5.19. The van der Waals surface area contributed by atoms with E-state index in [4.69, 9.17) is 5.26 Å². The molecule has 160 valence electrons. The van der Waals surface area contributed by atoms with Crippen LogP contribution in [0.4, 0.5) is 5.69 Å². The maximum absolute atomic E-state index is 13.1. The number of nitrogens with one attached hydrogen (secondary N) is 2. The summed E-state index contributed by atoms with van der Waals surface area (Å²) in [6, 6.07) is 24.5. The van der Waals surface area contributed by atoms with Crippen molar-refractivity contribution in [1.29, 1.82) is 5.26 Å². The van der Waals surface area contributed by atoms with Crippen LogP contribution in [0.3, 0.4) is 0 Å². The van der Waals surface area contributed by atoms with E-state index < -0.39 is 0 Å². The highest BCUT2D eigenvalue weighted by Crippen LogP contribution is 2.30. The lowest BCUT2D eigenvalue weighted by atomic mass is 9.87. The molecular formula is C26H23N3O2S. The van der Waals surface area contributed by atoms with Crippen LogP contribution in [-0.2, 0) is 11.2 Å². The summed E-state index contributed by atoms with van der Waals surface area (Å²) >= 11 is 1.32. The Hall–Kier alpha value is -3.56. The van der Waals surface area contributed by atoms with E-state index in [1.54, 1.807) is 30.3 Å². The summed E-state index contributed by atoms with van der Waals surface area (Å²) in [5.74, 6) is -0.161. The molecule has 0 saturated carbocycles. The minimum Gasteiger partial charge on any atom is -0.345 e. The van der Waals surface area contributed by atoms with Crippen molar-refractivity contribution >= 4 is 29.3 Å². The van der Waals surface area contributed by atoms with Crippen LogP contribution in [0, 0.1) is 11.3 Å². The molecule has 0 spiro atoms. The van der Waals surface area contributed by atoms with Gasteiger partial charge < -0.3 is 10.6 Å². The zero-order chi connectivity index (χ0) is 22.3. The Bertz CT molecular complexity index is 1190. The van der Waals surface area contributed by atoms with Crippen molar-refractivity contribution in [3.8, 4) is 6.07 Å².